The lowest BCUT2D eigenvalue weighted by Gasteiger charge is -2.03. The van der Waals surface area contributed by atoms with Crippen molar-refractivity contribution in [2.24, 2.45) is 0 Å². The number of hydrogen-bond acceptors (Lipinski definition) is 2. The minimum Gasteiger partial charge on any atom is -0.307 e. The molecule has 0 atom stereocenters. The van der Waals surface area contributed by atoms with Crippen LogP contribution in [0.3, 0.4) is 0 Å². The average Bonchev–Trinajstić information content (AvgIpc) is 2.71. The SMILES string of the molecule is C=C(C)C(=O)Nc1cc(=O)n(Cc2ccccc2)[nH]1. The molecule has 0 bridgehead atoms. The Kier molecular flexibility index (Phi) is 3.66. The number of H-pyrrole nitrogens is 1. The number of nitrogens with zero attached hydrogens (tertiary/aromatic N) is 1. The zero-order chi connectivity index (χ0) is 13.8. The second kappa shape index (κ2) is 5.39. The summed E-state index contributed by atoms with van der Waals surface area (Å²) in [6.45, 7) is 5.58. The highest BCUT2D eigenvalue weighted by Crippen LogP contribution is 2.04. The Morgan fingerprint density at radius 2 is 2.05 bits per heavy atom. The van der Waals surface area contributed by atoms with E-state index in [4.69, 9.17) is 0 Å². The van der Waals surface area contributed by atoms with Crippen LogP contribution in [-0.2, 0) is 11.3 Å². The van der Waals surface area contributed by atoms with E-state index in [9.17, 15) is 9.59 Å². The van der Waals surface area contributed by atoms with Gasteiger partial charge in [-0.2, -0.15) is 0 Å². The summed E-state index contributed by atoms with van der Waals surface area (Å²) in [5.74, 6) is 0.0574. The third-order valence-corrected chi connectivity index (χ3v) is 2.61. The second-order valence-electron chi connectivity index (χ2n) is 4.31. The number of aromatic amines is 1. The van der Waals surface area contributed by atoms with Crippen LogP contribution in [0.4, 0.5) is 5.82 Å². The third kappa shape index (κ3) is 3.22. The minimum absolute atomic E-state index is 0.194. The van der Waals surface area contributed by atoms with Gasteiger partial charge in [-0.15, -0.1) is 0 Å². The first-order chi connectivity index (χ1) is 9.06. The smallest absolute Gasteiger partial charge is 0.268 e. The summed E-state index contributed by atoms with van der Waals surface area (Å²) >= 11 is 0. The average molecular weight is 257 g/mol. The lowest BCUT2D eigenvalue weighted by Crippen LogP contribution is -2.16. The molecule has 0 aliphatic carbocycles. The molecule has 98 valence electrons. The van der Waals surface area contributed by atoms with Crippen molar-refractivity contribution in [1.82, 2.24) is 9.78 Å². The van der Waals surface area contributed by atoms with Crippen molar-refractivity contribution < 1.29 is 4.79 Å². The molecular formula is C14H15N3O2. The molecule has 0 fully saturated rings. The molecule has 0 aliphatic heterocycles. The van der Waals surface area contributed by atoms with Gasteiger partial charge in [0.05, 0.1) is 6.54 Å². The zero-order valence-corrected chi connectivity index (χ0v) is 10.6. The maximum Gasteiger partial charge on any atom is 0.268 e. The van der Waals surface area contributed by atoms with Crippen molar-refractivity contribution in [2.75, 3.05) is 5.32 Å². The normalized spacial score (nSPS) is 10.2. The molecule has 0 saturated carbocycles. The maximum atomic E-state index is 11.8. The van der Waals surface area contributed by atoms with Crippen molar-refractivity contribution in [2.45, 2.75) is 13.5 Å². The quantitative estimate of drug-likeness (QED) is 0.819. The highest BCUT2D eigenvalue weighted by atomic mass is 16.2. The molecule has 0 spiro atoms. The molecule has 5 nitrogen and oxygen atoms in total. The fourth-order valence-electron chi connectivity index (χ4n) is 1.61. The molecule has 1 aromatic carbocycles. The van der Waals surface area contributed by atoms with E-state index in [1.54, 1.807) is 6.92 Å². The highest BCUT2D eigenvalue weighted by Gasteiger charge is 2.07. The molecule has 5 heteroatoms. The summed E-state index contributed by atoms with van der Waals surface area (Å²) in [5.41, 5.74) is 1.20. The summed E-state index contributed by atoms with van der Waals surface area (Å²) < 4.78 is 1.43. The van der Waals surface area contributed by atoms with Crippen molar-refractivity contribution in [3.63, 3.8) is 0 Å². The van der Waals surface area contributed by atoms with Crippen molar-refractivity contribution in [1.29, 1.82) is 0 Å². The van der Waals surface area contributed by atoms with Crippen molar-refractivity contribution >= 4 is 11.7 Å². The molecular weight excluding hydrogens is 242 g/mol. The maximum absolute atomic E-state index is 11.8. The fraction of sp³-hybridized carbons (Fsp3) is 0.143. The van der Waals surface area contributed by atoms with Gasteiger partial charge in [0.25, 0.3) is 11.5 Å². The van der Waals surface area contributed by atoms with Gasteiger partial charge in [-0.1, -0.05) is 36.9 Å². The molecule has 0 aliphatic rings. The predicted molar refractivity (Wildman–Crippen MR) is 74.0 cm³/mol. The summed E-state index contributed by atoms with van der Waals surface area (Å²) in [5, 5.41) is 5.42. The number of hydrogen-bond donors (Lipinski definition) is 2. The molecule has 1 aromatic heterocycles. The Balaban J connectivity index is 2.16. The van der Waals surface area contributed by atoms with E-state index in [0.717, 1.165) is 5.56 Å². The Hall–Kier alpha value is -2.56. The van der Waals surface area contributed by atoms with Crippen molar-refractivity contribution in [3.8, 4) is 0 Å². The lowest BCUT2D eigenvalue weighted by molar-refractivity contribution is -0.112. The van der Waals surface area contributed by atoms with Gasteiger partial charge in [0.1, 0.15) is 5.82 Å². The van der Waals surface area contributed by atoms with E-state index in [2.05, 4.69) is 17.0 Å². The Labute approximate surface area is 110 Å². The van der Waals surface area contributed by atoms with Crippen LogP contribution in [0.25, 0.3) is 0 Å². The first-order valence-corrected chi connectivity index (χ1v) is 5.87. The number of amides is 1. The van der Waals surface area contributed by atoms with Gasteiger partial charge in [0.2, 0.25) is 0 Å². The van der Waals surface area contributed by atoms with E-state index in [-0.39, 0.29) is 11.5 Å². The van der Waals surface area contributed by atoms with Gasteiger partial charge in [0.15, 0.2) is 0 Å². The Morgan fingerprint density at radius 1 is 1.37 bits per heavy atom. The Morgan fingerprint density at radius 3 is 2.68 bits per heavy atom. The van der Waals surface area contributed by atoms with Crippen LogP contribution in [0.15, 0.2) is 53.3 Å². The van der Waals surface area contributed by atoms with E-state index in [1.807, 2.05) is 30.3 Å². The van der Waals surface area contributed by atoms with Gasteiger partial charge < -0.3 is 5.32 Å². The number of rotatable bonds is 4. The summed E-state index contributed by atoms with van der Waals surface area (Å²) in [7, 11) is 0. The summed E-state index contributed by atoms with van der Waals surface area (Å²) in [4.78, 5) is 23.2. The van der Waals surface area contributed by atoms with Crippen LogP contribution < -0.4 is 10.9 Å². The van der Waals surface area contributed by atoms with Crippen molar-refractivity contribution in [3.05, 3.63) is 64.5 Å². The number of nitrogens with one attached hydrogen (secondary N) is 2. The van der Waals surface area contributed by atoms with E-state index < -0.39 is 0 Å². The largest absolute Gasteiger partial charge is 0.307 e. The van der Waals surface area contributed by atoms with Crippen LogP contribution in [0.2, 0.25) is 0 Å². The van der Waals surface area contributed by atoms with Crippen LogP contribution in [0.1, 0.15) is 12.5 Å². The number of benzene rings is 1. The highest BCUT2D eigenvalue weighted by molar-refractivity contribution is 6.02. The number of anilines is 1. The van der Waals surface area contributed by atoms with Gasteiger partial charge in [-0.3, -0.25) is 14.7 Å². The molecule has 19 heavy (non-hydrogen) atoms. The molecule has 0 unspecified atom stereocenters. The predicted octanol–water partition coefficient (Wildman–Crippen LogP) is 1.74. The molecule has 2 N–H and O–H groups in total. The first kappa shape index (κ1) is 12.9. The topological polar surface area (TPSA) is 66.9 Å². The second-order valence-corrected chi connectivity index (χ2v) is 4.31. The lowest BCUT2D eigenvalue weighted by atomic mass is 10.2. The monoisotopic (exact) mass is 257 g/mol. The van der Waals surface area contributed by atoms with Gasteiger partial charge >= 0.3 is 0 Å². The molecule has 0 radical (unpaired) electrons. The van der Waals surface area contributed by atoms with Crippen LogP contribution in [0.5, 0.6) is 0 Å². The number of aromatic nitrogens is 2. The summed E-state index contributed by atoms with van der Waals surface area (Å²) in [6, 6.07) is 10.9. The number of carbonyl (C=O) groups is 1. The number of carbonyl (C=O) groups excluding carboxylic acids is 1. The molecule has 0 saturated heterocycles. The molecule has 2 aromatic rings. The van der Waals surface area contributed by atoms with Gasteiger partial charge in [-0.25, -0.2) is 4.68 Å². The molecule has 1 heterocycles. The molecule has 2 rings (SSSR count). The zero-order valence-electron chi connectivity index (χ0n) is 10.6. The van der Waals surface area contributed by atoms with E-state index in [0.29, 0.717) is 17.9 Å². The van der Waals surface area contributed by atoms with Crippen LogP contribution >= 0.6 is 0 Å². The van der Waals surface area contributed by atoms with Crippen LogP contribution in [0, 0.1) is 0 Å². The van der Waals surface area contributed by atoms with Gasteiger partial charge in [0, 0.05) is 11.6 Å². The summed E-state index contributed by atoms with van der Waals surface area (Å²) in [6.07, 6.45) is 0. The van der Waals surface area contributed by atoms with Gasteiger partial charge in [-0.05, 0) is 12.5 Å². The standard InChI is InChI=1S/C14H15N3O2/c1-10(2)14(19)15-12-8-13(18)17(16-12)9-11-6-4-3-5-7-11/h3-8,16H,1,9H2,2H3,(H,15,19). The minimum atomic E-state index is -0.312. The molecule has 1 amide bonds. The fourth-order valence-corrected chi connectivity index (χ4v) is 1.61. The van der Waals surface area contributed by atoms with E-state index >= 15 is 0 Å². The first-order valence-electron chi connectivity index (χ1n) is 5.87. The third-order valence-electron chi connectivity index (χ3n) is 2.61. The van der Waals surface area contributed by atoms with Crippen LogP contribution in [-0.4, -0.2) is 15.7 Å². The van der Waals surface area contributed by atoms with E-state index in [1.165, 1.54) is 10.7 Å². The Bertz CT molecular complexity index is 653.